The van der Waals surface area contributed by atoms with Crippen LogP contribution in [0, 0.1) is 5.82 Å². The van der Waals surface area contributed by atoms with Gasteiger partial charge in [-0.3, -0.25) is 9.59 Å². The van der Waals surface area contributed by atoms with Crippen molar-refractivity contribution in [3.8, 4) is 17.2 Å². The van der Waals surface area contributed by atoms with Crippen LogP contribution >= 0.6 is 0 Å². The van der Waals surface area contributed by atoms with Crippen LogP contribution in [0.3, 0.4) is 0 Å². The third-order valence-electron chi connectivity index (χ3n) is 6.25. The Morgan fingerprint density at radius 1 is 1.08 bits per heavy atom. The number of hydrogen-bond acceptors (Lipinski definition) is 7. The fraction of sp³-hybridized carbons (Fsp3) is 0.346. The molecule has 0 saturated carbocycles. The fourth-order valence-corrected chi connectivity index (χ4v) is 4.42. The Morgan fingerprint density at radius 2 is 1.75 bits per heavy atom. The number of aromatic nitrogens is 1. The molecule has 9 nitrogen and oxygen atoms in total. The largest absolute Gasteiger partial charge is 0.493 e. The van der Waals surface area contributed by atoms with Crippen molar-refractivity contribution in [3.05, 3.63) is 57.6 Å². The first-order chi connectivity index (χ1) is 17.4. The monoisotopic (exact) mass is 496 g/mol. The maximum Gasteiger partial charge on any atom is 0.276 e. The molecule has 1 aromatic heterocycles. The summed E-state index contributed by atoms with van der Waals surface area (Å²) in [5.74, 6) is 0.122. The average molecular weight is 497 g/mol. The number of hydrogen-bond donors (Lipinski definition) is 1. The zero-order chi connectivity index (χ0) is 25.8. The number of pyridine rings is 1. The first-order valence-corrected chi connectivity index (χ1v) is 11.7. The Labute approximate surface area is 208 Å². The summed E-state index contributed by atoms with van der Waals surface area (Å²) in [4.78, 5) is 28.0. The number of carbonyl (C=O) groups excluding carboxylic acids is 1. The van der Waals surface area contributed by atoms with Gasteiger partial charge in [0.1, 0.15) is 11.4 Å². The molecule has 1 amide bonds. The topological polar surface area (TPSA) is 94.4 Å². The van der Waals surface area contributed by atoms with Crippen LogP contribution in [0.5, 0.6) is 17.2 Å². The number of aryl methyl sites for hydroxylation is 1. The van der Waals surface area contributed by atoms with Gasteiger partial charge in [-0.15, -0.1) is 0 Å². The molecule has 0 unspecified atom stereocenters. The van der Waals surface area contributed by atoms with E-state index in [9.17, 15) is 14.0 Å². The van der Waals surface area contributed by atoms with Gasteiger partial charge in [0.2, 0.25) is 11.2 Å². The van der Waals surface area contributed by atoms with Crippen molar-refractivity contribution in [1.82, 2.24) is 9.99 Å². The van der Waals surface area contributed by atoms with Crippen LogP contribution in [-0.4, -0.2) is 51.1 Å². The third kappa shape index (κ3) is 4.71. The van der Waals surface area contributed by atoms with Gasteiger partial charge in [0.05, 0.1) is 38.7 Å². The molecule has 0 spiro atoms. The van der Waals surface area contributed by atoms with Crippen LogP contribution in [0.2, 0.25) is 0 Å². The Morgan fingerprint density at radius 3 is 2.33 bits per heavy atom. The van der Waals surface area contributed by atoms with Crippen molar-refractivity contribution < 1.29 is 23.4 Å². The van der Waals surface area contributed by atoms with Crippen LogP contribution in [0.4, 0.5) is 10.1 Å². The molecule has 1 saturated heterocycles. The van der Waals surface area contributed by atoms with Crippen LogP contribution in [-0.2, 0) is 6.54 Å². The minimum Gasteiger partial charge on any atom is -0.493 e. The molecule has 0 bridgehead atoms. The van der Waals surface area contributed by atoms with Crippen LogP contribution < -0.4 is 30.0 Å². The number of halogens is 1. The number of nitrogens with zero attached hydrogens (tertiary/aromatic N) is 3. The Bertz CT molecular complexity index is 1350. The number of rotatable bonds is 8. The lowest BCUT2D eigenvalue weighted by atomic mass is 10.1. The molecule has 36 heavy (non-hydrogen) atoms. The highest BCUT2D eigenvalue weighted by molar-refractivity contribution is 5.98. The highest BCUT2D eigenvalue weighted by Crippen LogP contribution is 2.37. The van der Waals surface area contributed by atoms with E-state index in [0.29, 0.717) is 40.6 Å². The maximum absolute atomic E-state index is 14.9. The number of fused-ring (bicyclic) bond motifs is 1. The SMILES string of the molecule is CCn1cc(C(=O)NN=Cc2cc(OC)c(OC)c(OC)c2)c(=O)c2cc(F)c(N3CCCC3)cc21. The quantitative estimate of drug-likeness (QED) is 0.379. The average Bonchev–Trinajstić information content (AvgIpc) is 3.43. The molecule has 190 valence electrons. The van der Waals surface area contributed by atoms with Crippen LogP contribution in [0.15, 0.2) is 40.4 Å². The molecule has 0 aliphatic carbocycles. The lowest BCUT2D eigenvalue weighted by Gasteiger charge is -2.20. The molecule has 0 radical (unpaired) electrons. The first kappa shape index (κ1) is 25.0. The molecule has 1 fully saturated rings. The number of hydrazone groups is 1. The molecule has 2 aromatic carbocycles. The van der Waals surface area contributed by atoms with Gasteiger partial charge < -0.3 is 23.7 Å². The highest BCUT2D eigenvalue weighted by Gasteiger charge is 2.21. The van der Waals surface area contributed by atoms with Crippen molar-refractivity contribution in [2.75, 3.05) is 39.3 Å². The summed E-state index contributed by atoms with van der Waals surface area (Å²) in [6.45, 7) is 3.95. The Balaban J connectivity index is 1.64. The zero-order valence-electron chi connectivity index (χ0n) is 20.8. The lowest BCUT2D eigenvalue weighted by molar-refractivity contribution is 0.0953. The lowest BCUT2D eigenvalue weighted by Crippen LogP contribution is -2.27. The van der Waals surface area contributed by atoms with Gasteiger partial charge in [0, 0.05) is 36.8 Å². The number of benzene rings is 2. The normalized spacial score (nSPS) is 13.4. The number of anilines is 1. The smallest absolute Gasteiger partial charge is 0.276 e. The van der Waals surface area contributed by atoms with E-state index in [1.54, 1.807) is 22.8 Å². The second-order valence-electron chi connectivity index (χ2n) is 8.33. The number of nitrogens with one attached hydrogen (secondary N) is 1. The van der Waals surface area contributed by atoms with Crippen molar-refractivity contribution in [2.24, 2.45) is 5.10 Å². The summed E-state index contributed by atoms with van der Waals surface area (Å²) in [7, 11) is 4.49. The summed E-state index contributed by atoms with van der Waals surface area (Å²) in [5, 5.41) is 4.13. The van der Waals surface area contributed by atoms with Crippen LogP contribution in [0.1, 0.15) is 35.7 Å². The molecule has 10 heteroatoms. The number of amides is 1. The first-order valence-electron chi connectivity index (χ1n) is 11.7. The number of carbonyl (C=O) groups is 1. The van der Waals surface area contributed by atoms with Crippen molar-refractivity contribution >= 4 is 28.7 Å². The molecule has 3 aromatic rings. The van der Waals surface area contributed by atoms with Gasteiger partial charge in [0.15, 0.2) is 11.5 Å². The van der Waals surface area contributed by atoms with Gasteiger partial charge in [0.25, 0.3) is 5.91 Å². The molecular formula is C26H29FN4O5. The highest BCUT2D eigenvalue weighted by atomic mass is 19.1. The second-order valence-corrected chi connectivity index (χ2v) is 8.33. The maximum atomic E-state index is 14.9. The van der Waals surface area contributed by atoms with Crippen molar-refractivity contribution in [3.63, 3.8) is 0 Å². The summed E-state index contributed by atoms with van der Waals surface area (Å²) >= 11 is 0. The van der Waals surface area contributed by atoms with Gasteiger partial charge in [-0.05, 0) is 44.0 Å². The third-order valence-corrected chi connectivity index (χ3v) is 6.25. The van der Waals surface area contributed by atoms with Crippen molar-refractivity contribution in [1.29, 1.82) is 0 Å². The van der Waals surface area contributed by atoms with E-state index in [2.05, 4.69) is 10.5 Å². The minimum absolute atomic E-state index is 0.125. The summed E-state index contributed by atoms with van der Waals surface area (Å²) < 4.78 is 32.6. The minimum atomic E-state index is -0.697. The molecule has 1 aliphatic rings. The standard InChI is InChI=1S/C26H29FN4O5/c1-5-30-15-18(24(32)17-12-19(27)21(13-20(17)30)31-8-6-7-9-31)26(33)29-28-14-16-10-22(34-2)25(36-4)23(11-16)35-3/h10-15H,5-9H2,1-4H3,(H,29,33). The zero-order valence-corrected chi connectivity index (χ0v) is 20.8. The summed E-state index contributed by atoms with van der Waals surface area (Å²) in [5.41, 5.74) is 3.34. The second kappa shape index (κ2) is 10.7. The molecule has 1 N–H and O–H groups in total. The van der Waals surface area contributed by atoms with Gasteiger partial charge in [-0.2, -0.15) is 5.10 Å². The number of ether oxygens (including phenoxy) is 3. The van der Waals surface area contributed by atoms with Gasteiger partial charge in [-0.1, -0.05) is 0 Å². The van der Waals surface area contributed by atoms with E-state index in [-0.39, 0.29) is 10.9 Å². The molecule has 0 atom stereocenters. The van der Waals surface area contributed by atoms with Crippen LogP contribution in [0.25, 0.3) is 10.9 Å². The molecule has 1 aliphatic heterocycles. The van der Waals surface area contributed by atoms with E-state index < -0.39 is 17.2 Å². The van der Waals surface area contributed by atoms with E-state index in [4.69, 9.17) is 14.2 Å². The van der Waals surface area contributed by atoms with Crippen molar-refractivity contribution in [2.45, 2.75) is 26.3 Å². The predicted octanol–water partition coefficient (Wildman–Crippen LogP) is 3.55. The van der Waals surface area contributed by atoms with E-state index >= 15 is 0 Å². The summed E-state index contributed by atoms with van der Waals surface area (Å²) in [6.07, 6.45) is 4.89. The van der Waals surface area contributed by atoms with E-state index in [1.165, 1.54) is 39.8 Å². The molecule has 4 rings (SSSR count). The summed E-state index contributed by atoms with van der Waals surface area (Å²) in [6, 6.07) is 6.26. The van der Waals surface area contributed by atoms with Gasteiger partial charge >= 0.3 is 0 Å². The molecule has 2 heterocycles. The molecular weight excluding hydrogens is 467 g/mol. The number of methoxy groups -OCH3 is 3. The fourth-order valence-electron chi connectivity index (χ4n) is 4.42. The predicted molar refractivity (Wildman–Crippen MR) is 136 cm³/mol. The Hall–Kier alpha value is -4.08. The Kier molecular flexibility index (Phi) is 7.42. The van der Waals surface area contributed by atoms with Gasteiger partial charge in [-0.25, -0.2) is 9.82 Å². The van der Waals surface area contributed by atoms with E-state index in [0.717, 1.165) is 25.9 Å². The van der Waals surface area contributed by atoms with E-state index in [1.807, 2.05) is 11.8 Å².